The molecule has 1 N–H and O–H groups in total. The first-order valence-corrected chi connectivity index (χ1v) is 15.3. The van der Waals surface area contributed by atoms with Gasteiger partial charge in [-0.3, -0.25) is 9.69 Å². The van der Waals surface area contributed by atoms with Crippen molar-refractivity contribution in [2.45, 2.75) is 43.4 Å². The van der Waals surface area contributed by atoms with Crippen LogP contribution in [0.4, 0.5) is 11.4 Å². The van der Waals surface area contributed by atoms with Gasteiger partial charge in [0.2, 0.25) is 5.91 Å². The highest BCUT2D eigenvalue weighted by atomic mass is 32.2. The highest BCUT2D eigenvalue weighted by Crippen LogP contribution is 2.35. The lowest BCUT2D eigenvalue weighted by Crippen LogP contribution is -2.50. The van der Waals surface area contributed by atoms with E-state index >= 15 is 0 Å². The number of hydrogen-bond acceptors (Lipinski definition) is 6. The minimum atomic E-state index is -0.0837. The Kier molecular flexibility index (Phi) is 8.50. The third-order valence-corrected chi connectivity index (χ3v) is 8.77. The number of thioether (sulfide) groups is 1. The number of oxazole rings is 1. The van der Waals surface area contributed by atoms with Crippen LogP contribution in [0.25, 0.3) is 22.6 Å². The Balaban J connectivity index is 1.04. The first kappa shape index (κ1) is 26.7. The van der Waals surface area contributed by atoms with Crippen molar-refractivity contribution in [1.82, 2.24) is 9.88 Å². The summed E-state index contributed by atoms with van der Waals surface area (Å²) in [6.45, 7) is 4.40. The van der Waals surface area contributed by atoms with Gasteiger partial charge < -0.3 is 14.6 Å². The Morgan fingerprint density at radius 1 is 0.825 bits per heavy atom. The highest BCUT2D eigenvalue weighted by molar-refractivity contribution is 7.99. The predicted molar refractivity (Wildman–Crippen MR) is 164 cm³/mol. The zero-order valence-corrected chi connectivity index (χ0v) is 23.6. The number of aromatic nitrogens is 1. The molecule has 6 rings (SSSR count). The summed E-state index contributed by atoms with van der Waals surface area (Å²) in [5.41, 5.74) is 4.75. The third-order valence-electron chi connectivity index (χ3n) is 7.94. The van der Waals surface area contributed by atoms with Gasteiger partial charge >= 0.3 is 0 Å². The topological polar surface area (TPSA) is 61.6 Å². The smallest absolute Gasteiger partial charge is 0.257 e. The van der Waals surface area contributed by atoms with E-state index in [1.165, 1.54) is 49.6 Å². The lowest BCUT2D eigenvalue weighted by Gasteiger charge is -2.41. The van der Waals surface area contributed by atoms with Gasteiger partial charge in [0.15, 0.2) is 5.76 Å². The minimum Gasteiger partial charge on any atom is -0.431 e. The fourth-order valence-electron chi connectivity index (χ4n) is 5.81. The van der Waals surface area contributed by atoms with E-state index in [0.29, 0.717) is 11.0 Å². The van der Waals surface area contributed by atoms with Crippen molar-refractivity contribution >= 4 is 29.0 Å². The molecule has 0 bridgehead atoms. The zero-order valence-electron chi connectivity index (χ0n) is 22.8. The van der Waals surface area contributed by atoms with Crippen molar-refractivity contribution in [2.24, 2.45) is 0 Å². The van der Waals surface area contributed by atoms with E-state index in [0.717, 1.165) is 54.7 Å². The van der Waals surface area contributed by atoms with E-state index in [2.05, 4.69) is 27.2 Å². The second kappa shape index (κ2) is 12.7. The number of nitrogens with one attached hydrogen (secondary N) is 1. The van der Waals surface area contributed by atoms with Crippen molar-refractivity contribution in [3.05, 3.63) is 84.9 Å². The number of piperazine rings is 1. The van der Waals surface area contributed by atoms with Gasteiger partial charge in [-0.25, -0.2) is 4.98 Å². The number of benzene rings is 3. The summed E-state index contributed by atoms with van der Waals surface area (Å²) in [6, 6.07) is 29.0. The van der Waals surface area contributed by atoms with Crippen LogP contribution in [0, 0.1) is 0 Å². The molecule has 7 heteroatoms. The average Bonchev–Trinajstić information content (AvgIpc) is 3.46. The van der Waals surface area contributed by atoms with Gasteiger partial charge in [0.1, 0.15) is 5.69 Å². The lowest BCUT2D eigenvalue weighted by atomic mass is 9.94. The summed E-state index contributed by atoms with van der Waals surface area (Å²) >= 11 is 1.31. The summed E-state index contributed by atoms with van der Waals surface area (Å²) < 4.78 is 6.15. The molecule has 1 amide bonds. The molecule has 206 valence electrons. The molecule has 0 unspecified atom stereocenters. The number of nitrogens with zero attached hydrogens (tertiary/aromatic N) is 3. The maximum absolute atomic E-state index is 12.8. The molecule has 1 aliphatic carbocycles. The average molecular weight is 553 g/mol. The normalized spacial score (nSPS) is 16.6. The fraction of sp³-hybridized carbons (Fsp3) is 0.333. The first-order valence-electron chi connectivity index (χ1n) is 14.4. The molecule has 2 aliphatic rings. The maximum Gasteiger partial charge on any atom is 0.257 e. The monoisotopic (exact) mass is 552 g/mol. The molecule has 0 atom stereocenters. The van der Waals surface area contributed by atoms with Crippen molar-refractivity contribution in [2.75, 3.05) is 42.1 Å². The van der Waals surface area contributed by atoms with E-state index < -0.39 is 0 Å². The van der Waals surface area contributed by atoms with Gasteiger partial charge in [-0.05, 0) is 37.1 Å². The van der Waals surface area contributed by atoms with E-state index in [9.17, 15) is 4.79 Å². The lowest BCUT2D eigenvalue weighted by molar-refractivity contribution is -0.113. The number of rotatable bonds is 8. The molecule has 1 aliphatic heterocycles. The van der Waals surface area contributed by atoms with Crippen LogP contribution >= 0.6 is 11.8 Å². The number of amides is 1. The Morgan fingerprint density at radius 2 is 1.48 bits per heavy atom. The van der Waals surface area contributed by atoms with Crippen molar-refractivity contribution < 1.29 is 9.21 Å². The summed E-state index contributed by atoms with van der Waals surface area (Å²) in [6.07, 6.45) is 6.91. The Hall–Kier alpha value is -3.55. The van der Waals surface area contributed by atoms with Crippen molar-refractivity contribution in [3.8, 4) is 22.6 Å². The van der Waals surface area contributed by atoms with Crippen LogP contribution in [0.1, 0.15) is 32.1 Å². The largest absolute Gasteiger partial charge is 0.431 e. The van der Waals surface area contributed by atoms with Crippen molar-refractivity contribution in [3.63, 3.8) is 0 Å². The minimum absolute atomic E-state index is 0.0837. The van der Waals surface area contributed by atoms with Crippen molar-refractivity contribution in [1.29, 1.82) is 0 Å². The van der Waals surface area contributed by atoms with Crippen LogP contribution in [-0.2, 0) is 4.79 Å². The number of carbonyl (C=O) groups is 1. The van der Waals surface area contributed by atoms with E-state index in [-0.39, 0.29) is 11.7 Å². The second-order valence-electron chi connectivity index (χ2n) is 10.6. The van der Waals surface area contributed by atoms with Crippen LogP contribution in [0.2, 0.25) is 0 Å². The van der Waals surface area contributed by atoms with Gasteiger partial charge in [-0.2, -0.15) is 0 Å². The third kappa shape index (κ3) is 6.43. The summed E-state index contributed by atoms with van der Waals surface area (Å²) in [5.74, 6) is 0.845. The molecule has 1 saturated heterocycles. The predicted octanol–water partition coefficient (Wildman–Crippen LogP) is 7.19. The summed E-state index contributed by atoms with van der Waals surface area (Å²) in [7, 11) is 0. The first-order chi connectivity index (χ1) is 19.7. The van der Waals surface area contributed by atoms with Crippen LogP contribution in [0.15, 0.2) is 94.6 Å². The molecule has 1 aromatic heterocycles. The molecule has 3 aromatic carbocycles. The molecule has 0 radical (unpaired) electrons. The second-order valence-corrected chi connectivity index (χ2v) is 11.5. The SMILES string of the molecule is O=C(CSc1nc(-c2ccccc2)c(-c2ccccc2)o1)Nc1ccc(N2CCN(C3CCCCC3)CC2)cc1. The van der Waals surface area contributed by atoms with Crippen LogP contribution in [0.5, 0.6) is 0 Å². The van der Waals surface area contributed by atoms with E-state index in [4.69, 9.17) is 9.40 Å². The molecule has 6 nitrogen and oxygen atoms in total. The number of hydrogen-bond donors (Lipinski definition) is 1. The van der Waals surface area contributed by atoms with Crippen LogP contribution in [0.3, 0.4) is 0 Å². The van der Waals surface area contributed by atoms with Gasteiger partial charge in [-0.1, -0.05) is 91.7 Å². The van der Waals surface area contributed by atoms with Crippen LogP contribution in [-0.4, -0.2) is 53.8 Å². The van der Waals surface area contributed by atoms with Gasteiger partial charge in [0.05, 0.1) is 5.75 Å². The molecule has 0 spiro atoms. The van der Waals surface area contributed by atoms with Gasteiger partial charge in [0, 0.05) is 54.7 Å². The van der Waals surface area contributed by atoms with E-state index in [1.54, 1.807) is 0 Å². The number of anilines is 2. The van der Waals surface area contributed by atoms with Gasteiger partial charge in [0.25, 0.3) is 5.22 Å². The quantitative estimate of drug-likeness (QED) is 0.233. The highest BCUT2D eigenvalue weighted by Gasteiger charge is 2.25. The summed E-state index contributed by atoms with van der Waals surface area (Å²) in [4.78, 5) is 22.7. The molecular weight excluding hydrogens is 516 g/mol. The zero-order chi connectivity index (χ0) is 27.1. The van der Waals surface area contributed by atoms with Crippen LogP contribution < -0.4 is 10.2 Å². The summed E-state index contributed by atoms with van der Waals surface area (Å²) in [5, 5.41) is 3.50. The molecule has 2 heterocycles. The Morgan fingerprint density at radius 3 is 2.15 bits per heavy atom. The maximum atomic E-state index is 12.8. The van der Waals surface area contributed by atoms with E-state index in [1.807, 2.05) is 72.8 Å². The molecule has 40 heavy (non-hydrogen) atoms. The Labute approximate surface area is 240 Å². The van der Waals surface area contributed by atoms with Gasteiger partial charge in [-0.15, -0.1) is 0 Å². The fourth-order valence-corrected chi connectivity index (χ4v) is 6.44. The number of carbonyl (C=O) groups excluding carboxylic acids is 1. The standard InChI is InChI=1S/C33H36N4O2S/c38-30(24-40-33-35-31(25-10-4-1-5-11-25)32(39-33)26-12-6-2-7-13-26)34-27-16-18-29(19-17-27)37-22-20-36(21-23-37)28-14-8-3-9-15-28/h1-2,4-7,10-13,16-19,28H,3,8-9,14-15,20-24H2,(H,34,38). The molecule has 1 saturated carbocycles. The molecule has 2 fully saturated rings. The Bertz CT molecular complexity index is 1320. The molecule has 4 aromatic rings. The molecular formula is C33H36N4O2S.